The lowest BCUT2D eigenvalue weighted by atomic mass is 10.2. The first-order chi connectivity index (χ1) is 10.8. The molecule has 0 spiro atoms. The molecule has 2 rings (SSSR count). The number of nitroso groups, excluding NO2 is 1. The number of halogens is 1. The zero-order chi connectivity index (χ0) is 15.6. The van der Waals surface area contributed by atoms with Crippen molar-refractivity contribution in [1.29, 1.82) is 0 Å². The van der Waals surface area contributed by atoms with E-state index in [0.717, 1.165) is 29.4 Å². The lowest BCUT2D eigenvalue weighted by Crippen LogP contribution is -1.97. The standard InChI is InChI=1S/C17H15BrN2O2/c18-14-10-11-19-15(13-14)7-3-1-2-6-12-22-17-9-5-4-8-16(17)20-21/h4-5,8-11,13H,1-2,6,12H2. The van der Waals surface area contributed by atoms with Gasteiger partial charge in [-0.1, -0.05) is 34.0 Å². The van der Waals surface area contributed by atoms with E-state index in [2.05, 4.69) is 37.9 Å². The van der Waals surface area contributed by atoms with E-state index in [1.165, 1.54) is 0 Å². The average molecular weight is 359 g/mol. The smallest absolute Gasteiger partial charge is 0.149 e. The van der Waals surface area contributed by atoms with Gasteiger partial charge in [-0.05, 0) is 48.2 Å². The molecule has 0 saturated carbocycles. The molecule has 5 heteroatoms. The second-order valence-corrected chi connectivity index (χ2v) is 5.44. The summed E-state index contributed by atoms with van der Waals surface area (Å²) in [6.45, 7) is 0.545. The zero-order valence-electron chi connectivity index (χ0n) is 12.0. The van der Waals surface area contributed by atoms with Crippen LogP contribution in [0.25, 0.3) is 0 Å². The van der Waals surface area contributed by atoms with Crippen molar-refractivity contribution in [3.05, 3.63) is 57.7 Å². The van der Waals surface area contributed by atoms with Crippen LogP contribution in [-0.2, 0) is 0 Å². The van der Waals surface area contributed by atoms with Gasteiger partial charge in [0.25, 0.3) is 0 Å². The molecule has 0 aliphatic carbocycles. The second kappa shape index (κ2) is 8.96. The van der Waals surface area contributed by atoms with Crippen molar-refractivity contribution in [2.75, 3.05) is 6.61 Å². The normalized spacial score (nSPS) is 9.68. The number of pyridine rings is 1. The number of para-hydroxylation sites is 1. The largest absolute Gasteiger partial charge is 0.491 e. The van der Waals surface area contributed by atoms with Crippen LogP contribution in [-0.4, -0.2) is 11.6 Å². The van der Waals surface area contributed by atoms with E-state index in [-0.39, 0.29) is 0 Å². The van der Waals surface area contributed by atoms with E-state index in [1.54, 1.807) is 24.4 Å². The number of benzene rings is 1. The highest BCUT2D eigenvalue weighted by atomic mass is 79.9. The fraction of sp³-hybridized carbons (Fsp3) is 0.235. The van der Waals surface area contributed by atoms with Crippen molar-refractivity contribution in [1.82, 2.24) is 4.98 Å². The summed E-state index contributed by atoms with van der Waals surface area (Å²) < 4.78 is 6.52. The highest BCUT2D eigenvalue weighted by Gasteiger charge is 2.01. The Morgan fingerprint density at radius 3 is 2.91 bits per heavy atom. The van der Waals surface area contributed by atoms with Crippen molar-refractivity contribution in [2.24, 2.45) is 5.18 Å². The molecule has 0 fully saturated rings. The average Bonchev–Trinajstić information content (AvgIpc) is 2.54. The van der Waals surface area contributed by atoms with Gasteiger partial charge in [0.15, 0.2) is 0 Å². The number of nitrogens with zero attached hydrogens (tertiary/aromatic N) is 2. The second-order valence-electron chi connectivity index (χ2n) is 4.53. The van der Waals surface area contributed by atoms with Crippen molar-refractivity contribution in [2.45, 2.75) is 19.3 Å². The topological polar surface area (TPSA) is 51.5 Å². The monoisotopic (exact) mass is 358 g/mol. The molecule has 1 aromatic carbocycles. The Labute approximate surface area is 138 Å². The van der Waals surface area contributed by atoms with E-state index < -0.39 is 0 Å². The third-order valence-corrected chi connectivity index (χ3v) is 3.35. The molecule has 0 bridgehead atoms. The predicted octanol–water partition coefficient (Wildman–Crippen LogP) is 4.84. The summed E-state index contributed by atoms with van der Waals surface area (Å²) in [6.07, 6.45) is 4.30. The predicted molar refractivity (Wildman–Crippen MR) is 90.1 cm³/mol. The van der Waals surface area contributed by atoms with Gasteiger partial charge in [-0.3, -0.25) is 0 Å². The fourth-order valence-corrected chi connectivity index (χ4v) is 2.11. The molecule has 2 aromatic rings. The Kier molecular flexibility index (Phi) is 6.59. The first-order valence-corrected chi connectivity index (χ1v) is 7.74. The Balaban J connectivity index is 1.69. The molecule has 4 nitrogen and oxygen atoms in total. The van der Waals surface area contributed by atoms with Crippen molar-refractivity contribution >= 4 is 21.6 Å². The van der Waals surface area contributed by atoms with Crippen LogP contribution in [0.1, 0.15) is 25.0 Å². The maximum absolute atomic E-state index is 10.6. The number of rotatable bonds is 6. The van der Waals surface area contributed by atoms with E-state index in [9.17, 15) is 4.91 Å². The van der Waals surface area contributed by atoms with Gasteiger partial charge in [0.05, 0.1) is 6.61 Å². The van der Waals surface area contributed by atoms with Crippen LogP contribution in [0.4, 0.5) is 5.69 Å². The van der Waals surface area contributed by atoms with E-state index >= 15 is 0 Å². The molecule has 0 atom stereocenters. The van der Waals surface area contributed by atoms with Crippen LogP contribution in [0.15, 0.2) is 52.2 Å². The molecular formula is C17H15BrN2O2. The highest BCUT2D eigenvalue weighted by molar-refractivity contribution is 9.10. The number of aromatic nitrogens is 1. The van der Waals surface area contributed by atoms with Crippen LogP contribution < -0.4 is 4.74 Å². The first-order valence-electron chi connectivity index (χ1n) is 6.95. The molecule has 112 valence electrons. The van der Waals surface area contributed by atoms with E-state index in [1.807, 2.05) is 18.2 Å². The van der Waals surface area contributed by atoms with Gasteiger partial charge in [0, 0.05) is 17.1 Å². The van der Waals surface area contributed by atoms with Crippen LogP contribution in [0.5, 0.6) is 5.75 Å². The highest BCUT2D eigenvalue weighted by Crippen LogP contribution is 2.26. The Morgan fingerprint density at radius 1 is 1.23 bits per heavy atom. The molecule has 1 aromatic heterocycles. The maximum Gasteiger partial charge on any atom is 0.149 e. The van der Waals surface area contributed by atoms with Gasteiger partial charge in [-0.15, -0.1) is 4.91 Å². The lowest BCUT2D eigenvalue weighted by Gasteiger charge is -2.06. The van der Waals surface area contributed by atoms with Gasteiger partial charge in [-0.2, -0.15) is 0 Å². The van der Waals surface area contributed by atoms with Crippen LogP contribution in [0.3, 0.4) is 0 Å². The summed E-state index contributed by atoms with van der Waals surface area (Å²) in [5, 5.41) is 2.93. The van der Waals surface area contributed by atoms with Crippen LogP contribution >= 0.6 is 15.9 Å². The minimum atomic E-state index is 0.336. The molecule has 1 heterocycles. The summed E-state index contributed by atoms with van der Waals surface area (Å²) in [6, 6.07) is 10.7. The quantitative estimate of drug-likeness (QED) is 0.421. The molecule has 0 aliphatic heterocycles. The molecule has 0 aliphatic rings. The number of hydrogen-bond acceptors (Lipinski definition) is 4. The van der Waals surface area contributed by atoms with Gasteiger partial charge < -0.3 is 4.74 Å². The van der Waals surface area contributed by atoms with E-state index in [4.69, 9.17) is 4.74 Å². The van der Waals surface area contributed by atoms with E-state index in [0.29, 0.717) is 18.0 Å². The van der Waals surface area contributed by atoms with Gasteiger partial charge in [0.2, 0.25) is 0 Å². The zero-order valence-corrected chi connectivity index (χ0v) is 13.5. The molecule has 0 unspecified atom stereocenters. The summed E-state index contributed by atoms with van der Waals surface area (Å²) in [4.78, 5) is 14.8. The minimum absolute atomic E-state index is 0.336. The molecule has 0 amide bonds. The lowest BCUT2D eigenvalue weighted by molar-refractivity contribution is 0.309. The van der Waals surface area contributed by atoms with Crippen molar-refractivity contribution in [3.63, 3.8) is 0 Å². The van der Waals surface area contributed by atoms with Crippen molar-refractivity contribution < 1.29 is 4.74 Å². The first kappa shape index (κ1) is 16.2. The minimum Gasteiger partial charge on any atom is -0.491 e. The van der Waals surface area contributed by atoms with Crippen LogP contribution in [0.2, 0.25) is 0 Å². The van der Waals surface area contributed by atoms with Crippen LogP contribution in [0, 0.1) is 16.7 Å². The number of ether oxygens (including phenoxy) is 1. The SMILES string of the molecule is O=Nc1ccccc1OCCCCC#Cc1cc(Br)ccn1. The third-order valence-electron chi connectivity index (χ3n) is 2.86. The molecule has 0 saturated heterocycles. The molecular weight excluding hydrogens is 344 g/mol. The Bertz CT molecular complexity index is 692. The third kappa shape index (κ3) is 5.30. The summed E-state index contributed by atoms with van der Waals surface area (Å²) in [7, 11) is 0. The number of unbranched alkanes of at least 4 members (excludes halogenated alkanes) is 2. The molecule has 22 heavy (non-hydrogen) atoms. The Morgan fingerprint density at radius 2 is 2.09 bits per heavy atom. The molecule has 0 N–H and O–H groups in total. The summed E-state index contributed by atoms with van der Waals surface area (Å²) >= 11 is 3.38. The summed E-state index contributed by atoms with van der Waals surface area (Å²) in [5.74, 6) is 6.65. The number of hydrogen-bond donors (Lipinski definition) is 0. The maximum atomic E-state index is 10.6. The van der Waals surface area contributed by atoms with Crippen molar-refractivity contribution in [3.8, 4) is 17.6 Å². The molecule has 0 radical (unpaired) electrons. The van der Waals surface area contributed by atoms with Gasteiger partial charge in [0.1, 0.15) is 17.1 Å². The fourth-order valence-electron chi connectivity index (χ4n) is 1.78. The van der Waals surface area contributed by atoms with Gasteiger partial charge in [-0.25, -0.2) is 4.98 Å². The Hall–Kier alpha value is -2.19. The summed E-state index contributed by atoms with van der Waals surface area (Å²) in [5.41, 5.74) is 1.10. The van der Waals surface area contributed by atoms with Gasteiger partial charge >= 0.3 is 0 Å².